The molecule has 0 radical (unpaired) electrons. The normalized spacial score (nSPS) is 35.3. The molecule has 35 heavy (non-hydrogen) atoms. The molecule has 7 nitrogen and oxygen atoms in total. The molecule has 4 aliphatic heterocycles. The molecule has 5 fully saturated rings. The maximum Gasteiger partial charge on any atom is 0.228 e. The van der Waals surface area contributed by atoms with E-state index in [2.05, 4.69) is 29.2 Å². The first-order valence-electron chi connectivity index (χ1n) is 14.6. The molecule has 5 rings (SSSR count). The first-order valence-corrected chi connectivity index (χ1v) is 16.2. The molecule has 8 heteroatoms. The highest BCUT2D eigenvalue weighted by Gasteiger charge is 2.49. The molecule has 1 amide bonds. The molecule has 4 unspecified atom stereocenters. The smallest absolute Gasteiger partial charge is 0.228 e. The maximum absolute atomic E-state index is 13.6. The largest absolute Gasteiger partial charge is 0.342 e. The second-order valence-corrected chi connectivity index (χ2v) is 14.5. The van der Waals surface area contributed by atoms with Gasteiger partial charge in [-0.15, -0.1) is 0 Å². The molecule has 4 saturated heterocycles. The Bertz CT molecular complexity index is 829. The van der Waals surface area contributed by atoms with Gasteiger partial charge in [-0.2, -0.15) is 0 Å². The van der Waals surface area contributed by atoms with Crippen LogP contribution in [0, 0.1) is 29.6 Å². The number of nitrogens with one attached hydrogen (secondary N) is 1. The van der Waals surface area contributed by atoms with Crippen molar-refractivity contribution in [1.29, 1.82) is 0 Å². The average Bonchev–Trinajstić information content (AvgIpc) is 3.19. The predicted molar refractivity (Wildman–Crippen MR) is 139 cm³/mol. The average molecular weight is 509 g/mol. The van der Waals surface area contributed by atoms with Crippen LogP contribution in [0.3, 0.4) is 0 Å². The van der Waals surface area contributed by atoms with Crippen LogP contribution in [0.4, 0.5) is 0 Å². The van der Waals surface area contributed by atoms with Gasteiger partial charge in [-0.25, -0.2) is 17.7 Å². The molecule has 4 atom stereocenters. The van der Waals surface area contributed by atoms with Crippen molar-refractivity contribution < 1.29 is 13.2 Å². The van der Waals surface area contributed by atoms with Crippen molar-refractivity contribution in [2.45, 2.75) is 96.6 Å². The van der Waals surface area contributed by atoms with Gasteiger partial charge in [0.2, 0.25) is 15.9 Å². The van der Waals surface area contributed by atoms with Crippen LogP contribution in [0.25, 0.3) is 0 Å². The monoisotopic (exact) mass is 508 g/mol. The van der Waals surface area contributed by atoms with E-state index in [-0.39, 0.29) is 18.0 Å². The highest BCUT2D eigenvalue weighted by molar-refractivity contribution is 7.89. The summed E-state index contributed by atoms with van der Waals surface area (Å²) in [6, 6.07) is 0.473. The van der Waals surface area contributed by atoms with Gasteiger partial charge >= 0.3 is 0 Å². The topological polar surface area (TPSA) is 73.0 Å². The van der Waals surface area contributed by atoms with Crippen LogP contribution in [0.15, 0.2) is 0 Å². The zero-order valence-corrected chi connectivity index (χ0v) is 22.9. The van der Waals surface area contributed by atoms with Crippen LogP contribution in [-0.4, -0.2) is 79.1 Å². The van der Waals surface area contributed by atoms with Crippen molar-refractivity contribution in [1.82, 2.24) is 19.6 Å². The maximum atomic E-state index is 13.6. The van der Waals surface area contributed by atoms with Crippen LogP contribution in [0.1, 0.15) is 84.5 Å². The number of rotatable bonds is 5. The zero-order chi connectivity index (χ0) is 24.6. The van der Waals surface area contributed by atoms with E-state index in [1.165, 1.54) is 19.3 Å². The number of carbonyl (C=O) groups excluding carboxylic acids is 1. The van der Waals surface area contributed by atoms with Gasteiger partial charge in [-0.1, -0.05) is 26.2 Å². The first kappa shape index (κ1) is 25.9. The van der Waals surface area contributed by atoms with Crippen LogP contribution < -0.4 is 5.43 Å². The van der Waals surface area contributed by atoms with Gasteiger partial charge in [-0.3, -0.25) is 10.2 Å². The van der Waals surface area contributed by atoms with E-state index in [1.54, 1.807) is 4.31 Å². The van der Waals surface area contributed by atoms with Gasteiger partial charge in [0.15, 0.2) is 0 Å². The number of piperidine rings is 3. The Kier molecular flexibility index (Phi) is 8.12. The summed E-state index contributed by atoms with van der Waals surface area (Å²) in [4.78, 5) is 15.7. The van der Waals surface area contributed by atoms with Gasteiger partial charge in [0, 0.05) is 44.8 Å². The summed E-state index contributed by atoms with van der Waals surface area (Å²) in [5, 5.41) is 2.36. The minimum absolute atomic E-state index is 0.0437. The fourth-order valence-corrected chi connectivity index (χ4v) is 9.74. The number of fused-ring (bicyclic) bond motifs is 1. The van der Waals surface area contributed by atoms with Gasteiger partial charge < -0.3 is 4.90 Å². The van der Waals surface area contributed by atoms with Crippen LogP contribution >= 0.6 is 0 Å². The summed E-state index contributed by atoms with van der Waals surface area (Å²) in [6.07, 6.45) is 12.2. The molecule has 0 aromatic carbocycles. The van der Waals surface area contributed by atoms with Gasteiger partial charge in [0.1, 0.15) is 0 Å². The quantitative estimate of drug-likeness (QED) is 0.616. The molecule has 200 valence electrons. The molecule has 1 N–H and O–H groups in total. The van der Waals surface area contributed by atoms with E-state index < -0.39 is 10.0 Å². The van der Waals surface area contributed by atoms with Crippen LogP contribution in [0.2, 0.25) is 0 Å². The summed E-state index contributed by atoms with van der Waals surface area (Å²) < 4.78 is 28.0. The second-order valence-electron chi connectivity index (χ2n) is 12.5. The van der Waals surface area contributed by atoms with Crippen LogP contribution in [-0.2, 0) is 14.8 Å². The first-order chi connectivity index (χ1) is 16.8. The molecule has 1 saturated carbocycles. The number of hydrazine groups is 1. The number of sulfonamides is 1. The van der Waals surface area contributed by atoms with Crippen molar-refractivity contribution in [3.63, 3.8) is 0 Å². The Morgan fingerprint density at radius 1 is 0.829 bits per heavy atom. The predicted octanol–water partition coefficient (Wildman–Crippen LogP) is 3.47. The molecule has 4 heterocycles. The third-order valence-electron chi connectivity index (χ3n) is 10.1. The van der Waals surface area contributed by atoms with E-state index in [0.29, 0.717) is 42.5 Å². The minimum atomic E-state index is -3.13. The van der Waals surface area contributed by atoms with E-state index in [1.807, 2.05) is 0 Å². The fraction of sp³-hybridized carbons (Fsp3) is 0.963. The lowest BCUT2D eigenvalue weighted by molar-refractivity contribution is -0.138. The number of amides is 1. The minimum Gasteiger partial charge on any atom is -0.342 e. The SMILES string of the molecule is CC1CCN(C(=O)C2C(C)NN3CCC(C4CCN(S(=O)(=O)CC5CCCCC5)CC4)CC23)CC1. The van der Waals surface area contributed by atoms with Crippen molar-refractivity contribution >= 4 is 15.9 Å². The molecular weight excluding hydrogens is 460 g/mol. The zero-order valence-electron chi connectivity index (χ0n) is 22.0. The molecule has 0 aromatic heterocycles. The number of hydrogen-bond donors (Lipinski definition) is 1. The van der Waals surface area contributed by atoms with E-state index in [4.69, 9.17) is 0 Å². The number of nitrogens with zero attached hydrogens (tertiary/aromatic N) is 3. The van der Waals surface area contributed by atoms with Crippen LogP contribution in [0.5, 0.6) is 0 Å². The molecule has 1 aliphatic carbocycles. The van der Waals surface area contributed by atoms with Crippen molar-refractivity contribution in [3.05, 3.63) is 0 Å². The van der Waals surface area contributed by atoms with Gasteiger partial charge in [0.05, 0.1) is 11.7 Å². The summed E-state index contributed by atoms with van der Waals surface area (Å²) in [5.41, 5.74) is 3.62. The van der Waals surface area contributed by atoms with Crippen molar-refractivity contribution in [2.75, 3.05) is 38.5 Å². The summed E-state index contributed by atoms with van der Waals surface area (Å²) >= 11 is 0. The van der Waals surface area contributed by atoms with Gasteiger partial charge in [-0.05, 0) is 82.0 Å². The Hall–Kier alpha value is -0.700. The molecule has 0 spiro atoms. The molecular formula is C27H48N4O3S. The van der Waals surface area contributed by atoms with E-state index >= 15 is 0 Å². The lowest BCUT2D eigenvalue weighted by atomic mass is 9.74. The second kappa shape index (κ2) is 11.0. The van der Waals surface area contributed by atoms with Gasteiger partial charge in [0.25, 0.3) is 0 Å². The Morgan fingerprint density at radius 3 is 2.17 bits per heavy atom. The van der Waals surface area contributed by atoms with E-state index in [0.717, 1.165) is 76.9 Å². The molecule has 0 bridgehead atoms. The Morgan fingerprint density at radius 2 is 1.49 bits per heavy atom. The highest BCUT2D eigenvalue weighted by Crippen LogP contribution is 2.40. The third-order valence-corrected chi connectivity index (χ3v) is 12.2. The lowest BCUT2D eigenvalue weighted by Gasteiger charge is -2.43. The lowest BCUT2D eigenvalue weighted by Crippen LogP contribution is -2.50. The van der Waals surface area contributed by atoms with E-state index in [9.17, 15) is 13.2 Å². The summed E-state index contributed by atoms with van der Waals surface area (Å²) in [7, 11) is -3.13. The fourth-order valence-electron chi connectivity index (χ4n) is 7.83. The number of carbonyl (C=O) groups is 1. The summed E-state index contributed by atoms with van der Waals surface area (Å²) in [6.45, 7) is 8.67. The van der Waals surface area contributed by atoms with Crippen molar-refractivity contribution in [3.8, 4) is 0 Å². The third kappa shape index (κ3) is 5.75. The standard InChI is InChI=1S/C27H48N4O3S/c1-20-8-13-29(14-9-20)27(32)26-21(2)28-31-17-12-24(18-25(26)31)23-10-15-30(16-11-23)35(33,34)19-22-6-4-3-5-7-22/h20-26,28H,3-19H2,1-2H3. The van der Waals surface area contributed by atoms with Crippen molar-refractivity contribution in [2.24, 2.45) is 29.6 Å². The Labute approximate surface area is 213 Å². The molecule has 0 aromatic rings. The Balaban J connectivity index is 1.16. The number of hydrogen-bond acceptors (Lipinski definition) is 5. The summed E-state index contributed by atoms with van der Waals surface area (Å²) in [5.74, 6) is 3.04. The molecule has 5 aliphatic rings. The highest BCUT2D eigenvalue weighted by atomic mass is 32.2. The number of likely N-dealkylation sites (tertiary alicyclic amines) is 1.